The van der Waals surface area contributed by atoms with Gasteiger partial charge in [-0.1, -0.05) is 41.4 Å². The molecular weight excluding hydrogens is 248 g/mol. The van der Waals surface area contributed by atoms with Crippen molar-refractivity contribution in [3.8, 4) is 0 Å². The molecule has 0 spiro atoms. The molecule has 0 aliphatic heterocycles. The third kappa shape index (κ3) is 3.11. The van der Waals surface area contributed by atoms with E-state index >= 15 is 0 Å². The van der Waals surface area contributed by atoms with Crippen LogP contribution < -0.4 is 11.1 Å². The first kappa shape index (κ1) is 12.6. The number of anilines is 2. The van der Waals surface area contributed by atoms with E-state index < -0.39 is 0 Å². The number of hydrogen-bond acceptors (Lipinski definition) is 4. The molecule has 0 aliphatic carbocycles. The van der Waals surface area contributed by atoms with Crippen LogP contribution in [0.1, 0.15) is 11.1 Å². The lowest BCUT2D eigenvalue weighted by Gasteiger charge is -2.08. The number of halogens is 1. The van der Waals surface area contributed by atoms with E-state index in [1.807, 2.05) is 0 Å². The Labute approximate surface area is 111 Å². The Balaban J connectivity index is 1.92. The van der Waals surface area contributed by atoms with Crippen LogP contribution in [-0.2, 0) is 6.42 Å². The summed E-state index contributed by atoms with van der Waals surface area (Å²) in [5.74, 6) is 0.585. The number of nitrogens with zero attached hydrogens (tertiary/aromatic N) is 2. The molecule has 94 valence electrons. The quantitative estimate of drug-likeness (QED) is 0.832. The Morgan fingerprint density at radius 3 is 2.67 bits per heavy atom. The minimum atomic E-state index is 0.280. The maximum atomic E-state index is 5.81. The second-order valence-corrected chi connectivity index (χ2v) is 4.45. The van der Waals surface area contributed by atoms with Gasteiger partial charge in [0.1, 0.15) is 12.0 Å². The highest BCUT2D eigenvalue weighted by molar-refractivity contribution is 6.32. The van der Waals surface area contributed by atoms with E-state index in [-0.39, 0.29) is 5.15 Å². The zero-order valence-corrected chi connectivity index (χ0v) is 10.9. The van der Waals surface area contributed by atoms with Gasteiger partial charge in [-0.2, -0.15) is 0 Å². The van der Waals surface area contributed by atoms with Gasteiger partial charge in [-0.05, 0) is 18.9 Å². The number of rotatable bonds is 4. The molecule has 18 heavy (non-hydrogen) atoms. The Bertz CT molecular complexity index is 525. The number of benzene rings is 1. The summed E-state index contributed by atoms with van der Waals surface area (Å²) < 4.78 is 0. The lowest BCUT2D eigenvalue weighted by atomic mass is 10.1. The minimum Gasteiger partial charge on any atom is -0.393 e. The molecule has 0 saturated carbocycles. The first-order chi connectivity index (χ1) is 8.66. The molecule has 0 saturated heterocycles. The maximum Gasteiger partial charge on any atom is 0.157 e. The summed E-state index contributed by atoms with van der Waals surface area (Å²) in [6, 6.07) is 8.44. The number of hydrogen-bond donors (Lipinski definition) is 2. The highest BCUT2D eigenvalue weighted by Crippen LogP contribution is 2.21. The molecule has 0 radical (unpaired) electrons. The number of aromatic nitrogens is 2. The zero-order chi connectivity index (χ0) is 13.0. The fourth-order valence-electron chi connectivity index (χ4n) is 1.59. The van der Waals surface area contributed by atoms with Gasteiger partial charge in [0.2, 0.25) is 0 Å². The first-order valence-electron chi connectivity index (χ1n) is 5.72. The van der Waals surface area contributed by atoms with E-state index in [1.165, 1.54) is 17.5 Å². The van der Waals surface area contributed by atoms with Crippen LogP contribution in [-0.4, -0.2) is 16.5 Å². The van der Waals surface area contributed by atoms with E-state index in [2.05, 4.69) is 46.5 Å². The van der Waals surface area contributed by atoms with Gasteiger partial charge in [0.15, 0.2) is 11.0 Å². The fraction of sp³-hybridized carbons (Fsp3) is 0.231. The van der Waals surface area contributed by atoms with Crippen LogP contribution in [0.5, 0.6) is 0 Å². The second kappa shape index (κ2) is 5.69. The Morgan fingerprint density at radius 2 is 1.94 bits per heavy atom. The van der Waals surface area contributed by atoms with Crippen molar-refractivity contribution in [1.29, 1.82) is 0 Å². The molecule has 3 N–H and O–H groups in total. The fourth-order valence-corrected chi connectivity index (χ4v) is 1.73. The van der Waals surface area contributed by atoms with Gasteiger partial charge in [0, 0.05) is 6.54 Å². The van der Waals surface area contributed by atoms with Crippen molar-refractivity contribution in [3.05, 3.63) is 46.9 Å². The molecule has 1 aromatic heterocycles. The predicted octanol–water partition coefficient (Wildman–Crippen LogP) is 2.68. The summed E-state index contributed by atoms with van der Waals surface area (Å²) in [6.45, 7) is 2.83. The summed E-state index contributed by atoms with van der Waals surface area (Å²) in [6.07, 6.45) is 2.30. The van der Waals surface area contributed by atoms with Crippen molar-refractivity contribution >= 4 is 23.1 Å². The van der Waals surface area contributed by atoms with Gasteiger partial charge >= 0.3 is 0 Å². The van der Waals surface area contributed by atoms with Crippen molar-refractivity contribution in [3.63, 3.8) is 0 Å². The number of nitrogens with two attached hydrogens (primary N) is 1. The van der Waals surface area contributed by atoms with E-state index in [0.717, 1.165) is 13.0 Å². The number of nitrogens with one attached hydrogen (secondary N) is 1. The van der Waals surface area contributed by atoms with Crippen LogP contribution in [0.25, 0.3) is 0 Å². The van der Waals surface area contributed by atoms with Gasteiger partial charge in [0.25, 0.3) is 0 Å². The highest BCUT2D eigenvalue weighted by atomic mass is 35.5. The molecule has 0 bridgehead atoms. The van der Waals surface area contributed by atoms with Crippen LogP contribution in [0.2, 0.25) is 5.15 Å². The Hall–Kier alpha value is -1.81. The molecule has 1 aromatic carbocycles. The van der Waals surface area contributed by atoms with Gasteiger partial charge in [-0.25, -0.2) is 9.97 Å². The molecule has 0 atom stereocenters. The van der Waals surface area contributed by atoms with Crippen LogP contribution >= 0.6 is 11.6 Å². The smallest absolute Gasteiger partial charge is 0.157 e. The van der Waals surface area contributed by atoms with Crippen molar-refractivity contribution in [2.75, 3.05) is 17.6 Å². The molecule has 1 heterocycles. The third-order valence-electron chi connectivity index (χ3n) is 2.66. The molecule has 0 aliphatic rings. The van der Waals surface area contributed by atoms with Crippen molar-refractivity contribution in [2.45, 2.75) is 13.3 Å². The molecule has 5 heteroatoms. The number of aryl methyl sites for hydroxylation is 1. The molecule has 0 fully saturated rings. The van der Waals surface area contributed by atoms with Crippen molar-refractivity contribution in [1.82, 2.24) is 9.97 Å². The average molecular weight is 263 g/mol. The van der Waals surface area contributed by atoms with Crippen LogP contribution in [0, 0.1) is 6.92 Å². The third-order valence-corrected chi connectivity index (χ3v) is 2.96. The summed E-state index contributed by atoms with van der Waals surface area (Å²) in [7, 11) is 0. The molecule has 4 nitrogen and oxygen atoms in total. The highest BCUT2D eigenvalue weighted by Gasteiger charge is 2.04. The van der Waals surface area contributed by atoms with E-state index in [9.17, 15) is 0 Å². The standard InChI is InChI=1S/C13H15ClN4/c1-9-2-4-10(5-3-9)6-7-16-13-11(15)12(14)17-8-18-13/h2-5,8H,6-7,15H2,1H3,(H,16,17,18). The Kier molecular flexibility index (Phi) is 3.99. The predicted molar refractivity (Wildman–Crippen MR) is 74.8 cm³/mol. The maximum absolute atomic E-state index is 5.81. The Morgan fingerprint density at radius 1 is 1.22 bits per heavy atom. The molecule has 0 unspecified atom stereocenters. The lowest BCUT2D eigenvalue weighted by Crippen LogP contribution is -2.09. The zero-order valence-electron chi connectivity index (χ0n) is 10.2. The van der Waals surface area contributed by atoms with E-state index in [1.54, 1.807) is 0 Å². The average Bonchev–Trinajstić information content (AvgIpc) is 2.37. The van der Waals surface area contributed by atoms with Crippen molar-refractivity contribution in [2.24, 2.45) is 0 Å². The SMILES string of the molecule is Cc1ccc(CCNc2ncnc(Cl)c2N)cc1. The van der Waals surface area contributed by atoms with E-state index in [4.69, 9.17) is 17.3 Å². The normalized spacial score (nSPS) is 10.3. The summed E-state index contributed by atoms with van der Waals surface area (Å²) in [5.41, 5.74) is 8.69. The van der Waals surface area contributed by atoms with Gasteiger partial charge in [-0.15, -0.1) is 0 Å². The monoisotopic (exact) mass is 262 g/mol. The summed E-state index contributed by atoms with van der Waals surface area (Å²) in [4.78, 5) is 7.86. The van der Waals surface area contributed by atoms with Gasteiger partial charge in [0.05, 0.1) is 0 Å². The summed E-state index contributed by atoms with van der Waals surface area (Å²) in [5, 5.41) is 3.44. The van der Waals surface area contributed by atoms with Crippen LogP contribution in [0.15, 0.2) is 30.6 Å². The van der Waals surface area contributed by atoms with Crippen LogP contribution in [0.3, 0.4) is 0 Å². The van der Waals surface area contributed by atoms with Gasteiger partial charge < -0.3 is 11.1 Å². The van der Waals surface area contributed by atoms with Crippen molar-refractivity contribution < 1.29 is 0 Å². The van der Waals surface area contributed by atoms with E-state index in [0.29, 0.717) is 11.5 Å². The molecule has 2 rings (SSSR count). The second-order valence-electron chi connectivity index (χ2n) is 4.09. The number of nitrogen functional groups attached to an aromatic ring is 1. The largest absolute Gasteiger partial charge is 0.393 e. The molecule has 2 aromatic rings. The lowest BCUT2D eigenvalue weighted by molar-refractivity contribution is 1.000. The molecule has 0 amide bonds. The first-order valence-corrected chi connectivity index (χ1v) is 6.10. The molecular formula is C13H15ClN4. The van der Waals surface area contributed by atoms with Crippen LogP contribution in [0.4, 0.5) is 11.5 Å². The van der Waals surface area contributed by atoms with Gasteiger partial charge in [-0.3, -0.25) is 0 Å². The minimum absolute atomic E-state index is 0.280. The summed E-state index contributed by atoms with van der Waals surface area (Å²) >= 11 is 5.81. The topological polar surface area (TPSA) is 63.8 Å².